The second-order valence-electron chi connectivity index (χ2n) is 4.69. The van der Waals surface area contributed by atoms with Gasteiger partial charge in [0.2, 0.25) is 5.91 Å². The lowest BCUT2D eigenvalue weighted by atomic mass is 10.1. The molecule has 0 saturated heterocycles. The van der Waals surface area contributed by atoms with Crippen LogP contribution in [-0.2, 0) is 4.79 Å². The number of hydrogen-bond acceptors (Lipinski definition) is 3. The number of carbonyl (C=O) groups excluding carboxylic acids is 1. The van der Waals surface area contributed by atoms with Crippen molar-refractivity contribution in [3.05, 3.63) is 59.7 Å². The van der Waals surface area contributed by atoms with Crippen molar-refractivity contribution >= 4 is 23.4 Å². The van der Waals surface area contributed by atoms with E-state index in [2.05, 4.69) is 5.32 Å². The number of nitrogens with one attached hydrogen (secondary N) is 1. The summed E-state index contributed by atoms with van der Waals surface area (Å²) < 4.78 is 5.09. The number of nitrogens with two attached hydrogens (primary N) is 1. The summed E-state index contributed by atoms with van der Waals surface area (Å²) in [4.78, 5) is 11.8. The molecule has 108 valence electrons. The fourth-order valence-corrected chi connectivity index (χ4v) is 1.85. The Morgan fingerprint density at radius 2 is 1.90 bits per heavy atom. The zero-order chi connectivity index (χ0) is 15.2. The zero-order valence-electron chi connectivity index (χ0n) is 12.1. The molecule has 0 aliphatic rings. The van der Waals surface area contributed by atoms with Gasteiger partial charge in [0.1, 0.15) is 5.75 Å². The maximum atomic E-state index is 11.8. The molecule has 4 heteroatoms. The van der Waals surface area contributed by atoms with Crippen LogP contribution in [0.15, 0.2) is 48.5 Å². The van der Waals surface area contributed by atoms with Gasteiger partial charge in [-0.05, 0) is 42.8 Å². The Bertz CT molecular complexity index is 661. The van der Waals surface area contributed by atoms with E-state index in [1.807, 2.05) is 37.3 Å². The summed E-state index contributed by atoms with van der Waals surface area (Å²) in [5.41, 5.74) is 9.12. The number of rotatable bonds is 4. The van der Waals surface area contributed by atoms with Crippen LogP contribution < -0.4 is 15.8 Å². The van der Waals surface area contributed by atoms with Crippen LogP contribution in [-0.4, -0.2) is 13.0 Å². The minimum atomic E-state index is -0.187. The Morgan fingerprint density at radius 1 is 1.19 bits per heavy atom. The summed E-state index contributed by atoms with van der Waals surface area (Å²) in [6.45, 7) is 2.00. The third-order valence-electron chi connectivity index (χ3n) is 3.00. The van der Waals surface area contributed by atoms with Crippen molar-refractivity contribution in [3.63, 3.8) is 0 Å². The van der Waals surface area contributed by atoms with Gasteiger partial charge >= 0.3 is 0 Å². The van der Waals surface area contributed by atoms with Crippen LogP contribution in [0.25, 0.3) is 6.08 Å². The van der Waals surface area contributed by atoms with Crippen LogP contribution >= 0.6 is 0 Å². The van der Waals surface area contributed by atoms with Gasteiger partial charge in [0.15, 0.2) is 0 Å². The van der Waals surface area contributed by atoms with Crippen LogP contribution in [0.1, 0.15) is 11.1 Å². The highest BCUT2D eigenvalue weighted by atomic mass is 16.5. The van der Waals surface area contributed by atoms with Gasteiger partial charge in [0.05, 0.1) is 12.8 Å². The Hall–Kier alpha value is -2.75. The quantitative estimate of drug-likeness (QED) is 0.668. The number of carbonyl (C=O) groups is 1. The normalized spacial score (nSPS) is 10.6. The molecule has 0 aliphatic carbocycles. The number of hydrogen-bond donors (Lipinski definition) is 2. The topological polar surface area (TPSA) is 64.3 Å². The molecule has 0 aliphatic heterocycles. The predicted molar refractivity (Wildman–Crippen MR) is 86.2 cm³/mol. The van der Waals surface area contributed by atoms with Gasteiger partial charge in [-0.2, -0.15) is 0 Å². The average molecular weight is 282 g/mol. The second kappa shape index (κ2) is 6.61. The molecule has 0 fully saturated rings. The maximum absolute atomic E-state index is 11.8. The van der Waals surface area contributed by atoms with Gasteiger partial charge in [-0.25, -0.2) is 0 Å². The molecule has 0 aromatic heterocycles. The van der Waals surface area contributed by atoms with Gasteiger partial charge < -0.3 is 15.8 Å². The summed E-state index contributed by atoms with van der Waals surface area (Å²) in [7, 11) is 1.57. The molecule has 0 spiro atoms. The highest BCUT2D eigenvalue weighted by Crippen LogP contribution is 2.22. The average Bonchev–Trinajstić information content (AvgIpc) is 2.48. The minimum Gasteiger partial charge on any atom is -0.495 e. The van der Waals surface area contributed by atoms with E-state index in [9.17, 15) is 4.79 Å². The lowest BCUT2D eigenvalue weighted by Gasteiger charge is -2.05. The first-order chi connectivity index (χ1) is 10.1. The van der Waals surface area contributed by atoms with E-state index in [1.165, 1.54) is 6.08 Å². The number of aryl methyl sites for hydroxylation is 1. The van der Waals surface area contributed by atoms with Crippen molar-refractivity contribution < 1.29 is 9.53 Å². The number of anilines is 2. The number of methoxy groups -OCH3 is 1. The van der Waals surface area contributed by atoms with Gasteiger partial charge in [0, 0.05) is 11.8 Å². The van der Waals surface area contributed by atoms with Crippen LogP contribution in [0.2, 0.25) is 0 Å². The molecule has 4 nitrogen and oxygen atoms in total. The van der Waals surface area contributed by atoms with Crippen molar-refractivity contribution in [1.29, 1.82) is 0 Å². The first-order valence-electron chi connectivity index (χ1n) is 6.58. The Balaban J connectivity index is 2.01. The van der Waals surface area contributed by atoms with Crippen molar-refractivity contribution in [1.82, 2.24) is 0 Å². The molecule has 3 N–H and O–H groups in total. The van der Waals surface area contributed by atoms with E-state index < -0.39 is 0 Å². The van der Waals surface area contributed by atoms with Crippen LogP contribution in [0.5, 0.6) is 5.75 Å². The molecule has 1 amide bonds. The molecule has 0 heterocycles. The van der Waals surface area contributed by atoms with Crippen molar-refractivity contribution in [2.45, 2.75) is 6.92 Å². The molecule has 0 radical (unpaired) electrons. The Labute approximate surface area is 124 Å². The molecule has 2 rings (SSSR count). The number of amides is 1. The third-order valence-corrected chi connectivity index (χ3v) is 3.00. The first-order valence-corrected chi connectivity index (χ1v) is 6.58. The summed E-state index contributed by atoms with van der Waals surface area (Å²) in [5, 5.41) is 2.79. The van der Waals surface area contributed by atoms with Crippen LogP contribution in [0.3, 0.4) is 0 Å². The largest absolute Gasteiger partial charge is 0.495 e. The SMILES string of the molecule is COc1ccc(/C=C/C(=O)Nc2ccc(C)cc2)cc1N. The molecule has 21 heavy (non-hydrogen) atoms. The summed E-state index contributed by atoms with van der Waals surface area (Å²) in [5.74, 6) is 0.435. The number of nitrogen functional groups attached to an aromatic ring is 1. The molecule has 2 aromatic carbocycles. The standard InChI is InChI=1S/C17H18N2O2/c1-12-3-7-14(8-4-12)19-17(20)10-6-13-5-9-16(21-2)15(18)11-13/h3-11H,18H2,1-2H3,(H,19,20)/b10-6+. The summed E-state index contributed by atoms with van der Waals surface area (Å²) >= 11 is 0. The van der Waals surface area contributed by atoms with E-state index in [0.717, 1.165) is 16.8 Å². The van der Waals surface area contributed by atoms with E-state index in [0.29, 0.717) is 11.4 Å². The molecular weight excluding hydrogens is 264 g/mol. The lowest BCUT2D eigenvalue weighted by Crippen LogP contribution is -2.07. The molecular formula is C17H18N2O2. The van der Waals surface area contributed by atoms with E-state index in [1.54, 1.807) is 25.3 Å². The smallest absolute Gasteiger partial charge is 0.248 e. The molecule has 0 bridgehead atoms. The Kier molecular flexibility index (Phi) is 4.61. The molecule has 0 saturated carbocycles. The monoisotopic (exact) mass is 282 g/mol. The van der Waals surface area contributed by atoms with Gasteiger partial charge in [-0.15, -0.1) is 0 Å². The number of ether oxygens (including phenoxy) is 1. The van der Waals surface area contributed by atoms with Crippen molar-refractivity contribution in [3.8, 4) is 5.75 Å². The van der Waals surface area contributed by atoms with Crippen molar-refractivity contribution in [2.75, 3.05) is 18.2 Å². The maximum Gasteiger partial charge on any atom is 0.248 e. The lowest BCUT2D eigenvalue weighted by molar-refractivity contribution is -0.111. The fraction of sp³-hybridized carbons (Fsp3) is 0.118. The van der Waals surface area contributed by atoms with E-state index >= 15 is 0 Å². The fourth-order valence-electron chi connectivity index (χ4n) is 1.85. The molecule has 0 atom stereocenters. The van der Waals surface area contributed by atoms with Gasteiger partial charge in [0.25, 0.3) is 0 Å². The molecule has 2 aromatic rings. The highest BCUT2D eigenvalue weighted by molar-refractivity contribution is 6.02. The summed E-state index contributed by atoms with van der Waals surface area (Å²) in [6.07, 6.45) is 3.18. The Morgan fingerprint density at radius 3 is 2.52 bits per heavy atom. The zero-order valence-corrected chi connectivity index (χ0v) is 12.1. The third kappa shape index (κ3) is 4.11. The minimum absolute atomic E-state index is 0.187. The highest BCUT2D eigenvalue weighted by Gasteiger charge is 2.00. The first kappa shape index (κ1) is 14.7. The van der Waals surface area contributed by atoms with Gasteiger partial charge in [-0.1, -0.05) is 23.8 Å². The van der Waals surface area contributed by atoms with Crippen LogP contribution in [0, 0.1) is 6.92 Å². The van der Waals surface area contributed by atoms with Gasteiger partial charge in [-0.3, -0.25) is 4.79 Å². The predicted octanol–water partition coefficient (Wildman–Crippen LogP) is 3.24. The number of benzene rings is 2. The molecule has 0 unspecified atom stereocenters. The summed E-state index contributed by atoms with van der Waals surface area (Å²) in [6, 6.07) is 13.0. The second-order valence-corrected chi connectivity index (χ2v) is 4.69. The van der Waals surface area contributed by atoms with E-state index in [-0.39, 0.29) is 5.91 Å². The van der Waals surface area contributed by atoms with E-state index in [4.69, 9.17) is 10.5 Å². The van der Waals surface area contributed by atoms with Crippen molar-refractivity contribution in [2.24, 2.45) is 0 Å². The van der Waals surface area contributed by atoms with Crippen LogP contribution in [0.4, 0.5) is 11.4 Å².